The van der Waals surface area contributed by atoms with Gasteiger partial charge in [-0.2, -0.15) is 4.98 Å². The van der Waals surface area contributed by atoms with Gasteiger partial charge in [-0.05, 0) is 23.3 Å². The first kappa shape index (κ1) is 17.5. The van der Waals surface area contributed by atoms with E-state index in [0.29, 0.717) is 37.0 Å². The zero-order valence-corrected chi connectivity index (χ0v) is 16.1. The van der Waals surface area contributed by atoms with Crippen molar-refractivity contribution in [3.05, 3.63) is 80.6 Å². The highest BCUT2D eigenvalue weighted by atomic mass is 79.9. The number of aromatic amines is 1. The lowest BCUT2D eigenvalue weighted by Crippen LogP contribution is -2.15. The minimum absolute atomic E-state index is 0.264. The second kappa shape index (κ2) is 7.75. The number of halogens is 1. The molecule has 0 atom stereocenters. The average molecular weight is 424 g/mol. The normalized spacial score (nSPS) is 13.1. The van der Waals surface area contributed by atoms with Crippen LogP contribution in [-0.2, 0) is 6.54 Å². The van der Waals surface area contributed by atoms with Crippen LogP contribution in [0.5, 0.6) is 0 Å². The lowest BCUT2D eigenvalue weighted by Gasteiger charge is -2.09. The summed E-state index contributed by atoms with van der Waals surface area (Å²) in [6.07, 6.45) is 0.713. The molecule has 2 heterocycles. The number of benzene rings is 2. The molecule has 2 aromatic carbocycles. The molecule has 0 fully saturated rings. The van der Waals surface area contributed by atoms with Gasteiger partial charge in [-0.15, -0.1) is 0 Å². The Hall–Kier alpha value is -2.93. The molecule has 1 aliphatic heterocycles. The Bertz CT molecular complexity index is 1030. The first-order valence-electron chi connectivity index (χ1n) is 8.68. The lowest BCUT2D eigenvalue weighted by molar-refractivity contribution is 1.02. The van der Waals surface area contributed by atoms with Crippen LogP contribution in [0.2, 0.25) is 0 Å². The van der Waals surface area contributed by atoms with Gasteiger partial charge in [0.2, 0.25) is 5.95 Å². The molecule has 6 nitrogen and oxygen atoms in total. The molecule has 7 heteroatoms. The summed E-state index contributed by atoms with van der Waals surface area (Å²) >= 11 is 3.44. The fourth-order valence-corrected chi connectivity index (χ4v) is 3.16. The molecule has 0 aliphatic carbocycles. The van der Waals surface area contributed by atoms with E-state index in [2.05, 4.69) is 41.5 Å². The SMILES string of the molecule is O=c1[nH]c(NCc2ccccc2)nc2c1N=C(c1ccc(Br)cc1)CCN2. The Morgan fingerprint density at radius 1 is 1.07 bits per heavy atom. The van der Waals surface area contributed by atoms with E-state index in [1.54, 1.807) is 0 Å². The highest BCUT2D eigenvalue weighted by molar-refractivity contribution is 9.10. The molecule has 27 heavy (non-hydrogen) atoms. The monoisotopic (exact) mass is 423 g/mol. The van der Waals surface area contributed by atoms with Crippen molar-refractivity contribution in [3.63, 3.8) is 0 Å². The van der Waals surface area contributed by atoms with E-state index in [9.17, 15) is 4.79 Å². The third kappa shape index (κ3) is 4.09. The maximum absolute atomic E-state index is 12.6. The Morgan fingerprint density at radius 2 is 1.85 bits per heavy atom. The van der Waals surface area contributed by atoms with E-state index in [4.69, 9.17) is 0 Å². The number of nitrogens with one attached hydrogen (secondary N) is 3. The second-order valence-electron chi connectivity index (χ2n) is 6.19. The first-order valence-corrected chi connectivity index (χ1v) is 9.48. The van der Waals surface area contributed by atoms with Crippen LogP contribution in [0.3, 0.4) is 0 Å². The number of H-pyrrole nitrogens is 1. The van der Waals surface area contributed by atoms with E-state index >= 15 is 0 Å². The predicted octanol–water partition coefficient (Wildman–Crippen LogP) is 4.08. The predicted molar refractivity (Wildman–Crippen MR) is 112 cm³/mol. The number of aromatic nitrogens is 2. The van der Waals surface area contributed by atoms with Crippen molar-refractivity contribution >= 4 is 39.1 Å². The Morgan fingerprint density at radius 3 is 2.63 bits per heavy atom. The molecule has 1 aliphatic rings. The van der Waals surface area contributed by atoms with E-state index in [1.807, 2.05) is 54.6 Å². The molecule has 0 bridgehead atoms. The number of hydrogen-bond acceptors (Lipinski definition) is 5. The van der Waals surface area contributed by atoms with Crippen LogP contribution in [0.4, 0.5) is 17.5 Å². The van der Waals surface area contributed by atoms with E-state index in [1.165, 1.54) is 0 Å². The van der Waals surface area contributed by atoms with Crippen molar-refractivity contribution in [2.24, 2.45) is 4.99 Å². The van der Waals surface area contributed by atoms with Gasteiger partial charge in [0, 0.05) is 24.0 Å². The molecule has 0 saturated heterocycles. The van der Waals surface area contributed by atoms with E-state index in [0.717, 1.165) is 21.3 Å². The summed E-state index contributed by atoms with van der Waals surface area (Å²) < 4.78 is 1.01. The maximum Gasteiger partial charge on any atom is 0.280 e. The van der Waals surface area contributed by atoms with Crippen LogP contribution in [0.1, 0.15) is 17.5 Å². The lowest BCUT2D eigenvalue weighted by atomic mass is 10.1. The molecule has 136 valence electrons. The van der Waals surface area contributed by atoms with Crippen molar-refractivity contribution in [3.8, 4) is 0 Å². The fraction of sp³-hybridized carbons (Fsp3) is 0.150. The van der Waals surface area contributed by atoms with Gasteiger partial charge in [0.15, 0.2) is 11.5 Å². The summed E-state index contributed by atoms with van der Waals surface area (Å²) in [5.74, 6) is 0.929. The van der Waals surface area contributed by atoms with Crippen molar-refractivity contribution in [2.45, 2.75) is 13.0 Å². The third-order valence-corrected chi connectivity index (χ3v) is 4.80. The summed E-state index contributed by atoms with van der Waals surface area (Å²) in [4.78, 5) is 24.5. The van der Waals surface area contributed by atoms with Gasteiger partial charge in [0.25, 0.3) is 5.56 Å². The fourth-order valence-electron chi connectivity index (χ4n) is 2.90. The minimum Gasteiger partial charge on any atom is -0.368 e. The standard InChI is InChI=1S/C20H18BrN5O/c21-15-8-6-14(7-9-15)16-10-11-22-18-17(24-16)19(27)26-20(25-18)23-12-13-4-2-1-3-5-13/h1-9H,10-12H2,(H3,22,23,25,26,27). The summed E-state index contributed by atoms with van der Waals surface area (Å²) in [5.41, 5.74) is 3.03. The molecule has 0 unspecified atom stereocenters. The van der Waals surface area contributed by atoms with E-state index in [-0.39, 0.29) is 5.56 Å². The summed E-state index contributed by atoms with van der Waals surface area (Å²) in [6, 6.07) is 17.9. The van der Waals surface area contributed by atoms with Gasteiger partial charge < -0.3 is 10.6 Å². The molecule has 0 radical (unpaired) electrons. The topological polar surface area (TPSA) is 82.2 Å². The smallest absolute Gasteiger partial charge is 0.280 e. The van der Waals surface area contributed by atoms with Crippen LogP contribution in [0, 0.1) is 0 Å². The van der Waals surface area contributed by atoms with Gasteiger partial charge >= 0.3 is 0 Å². The zero-order valence-electron chi connectivity index (χ0n) is 14.5. The van der Waals surface area contributed by atoms with Crippen molar-refractivity contribution in [1.29, 1.82) is 0 Å². The highest BCUT2D eigenvalue weighted by Gasteiger charge is 2.16. The molecule has 3 aromatic rings. The Kier molecular flexibility index (Phi) is 5.02. The third-order valence-electron chi connectivity index (χ3n) is 4.28. The molecular weight excluding hydrogens is 406 g/mol. The van der Waals surface area contributed by atoms with Crippen molar-refractivity contribution in [2.75, 3.05) is 17.2 Å². The quantitative estimate of drug-likeness (QED) is 0.590. The molecule has 4 rings (SSSR count). The van der Waals surface area contributed by atoms with Gasteiger partial charge in [0.05, 0.1) is 5.71 Å². The molecule has 1 aromatic heterocycles. The summed E-state index contributed by atoms with van der Waals surface area (Å²) in [6.45, 7) is 1.24. The number of anilines is 2. The number of fused-ring (bicyclic) bond motifs is 1. The van der Waals surface area contributed by atoms with Crippen LogP contribution >= 0.6 is 15.9 Å². The van der Waals surface area contributed by atoms with Crippen LogP contribution in [0.25, 0.3) is 0 Å². The summed E-state index contributed by atoms with van der Waals surface area (Å²) in [5, 5.41) is 6.38. The Balaban J connectivity index is 1.62. The average Bonchev–Trinajstić information content (AvgIpc) is 2.91. The molecule has 0 spiro atoms. The number of aliphatic imine (C=N–C) groups is 1. The van der Waals surface area contributed by atoms with Crippen LogP contribution in [0.15, 0.2) is 68.9 Å². The van der Waals surface area contributed by atoms with Crippen LogP contribution < -0.4 is 16.2 Å². The zero-order chi connectivity index (χ0) is 18.6. The Labute approximate surface area is 164 Å². The van der Waals surface area contributed by atoms with Crippen LogP contribution in [-0.4, -0.2) is 22.2 Å². The van der Waals surface area contributed by atoms with Gasteiger partial charge in [-0.3, -0.25) is 9.78 Å². The number of rotatable bonds is 4. The molecule has 3 N–H and O–H groups in total. The number of nitrogens with zero attached hydrogens (tertiary/aromatic N) is 2. The summed E-state index contributed by atoms with van der Waals surface area (Å²) in [7, 11) is 0. The first-order chi connectivity index (χ1) is 13.2. The van der Waals surface area contributed by atoms with Crippen molar-refractivity contribution < 1.29 is 0 Å². The minimum atomic E-state index is -0.264. The number of hydrogen-bond donors (Lipinski definition) is 3. The second-order valence-corrected chi connectivity index (χ2v) is 7.11. The van der Waals surface area contributed by atoms with Gasteiger partial charge in [0.1, 0.15) is 0 Å². The molecule has 0 saturated carbocycles. The molecule has 0 amide bonds. The highest BCUT2D eigenvalue weighted by Crippen LogP contribution is 2.24. The van der Waals surface area contributed by atoms with Crippen molar-refractivity contribution in [1.82, 2.24) is 9.97 Å². The van der Waals surface area contributed by atoms with E-state index < -0.39 is 0 Å². The maximum atomic E-state index is 12.6. The largest absolute Gasteiger partial charge is 0.368 e. The molecular formula is C20H18BrN5O. The van der Waals surface area contributed by atoms with Gasteiger partial charge in [-0.25, -0.2) is 4.99 Å². The van der Waals surface area contributed by atoms with Gasteiger partial charge in [-0.1, -0.05) is 58.4 Å².